The first kappa shape index (κ1) is 14.9. The van der Waals surface area contributed by atoms with Crippen LogP contribution in [0.1, 0.15) is 29.0 Å². The highest BCUT2D eigenvalue weighted by molar-refractivity contribution is 5.92. The van der Waals surface area contributed by atoms with Gasteiger partial charge in [0.05, 0.1) is 6.04 Å². The van der Waals surface area contributed by atoms with Crippen LogP contribution in [-0.2, 0) is 0 Å². The Morgan fingerprint density at radius 2 is 2.00 bits per heavy atom. The van der Waals surface area contributed by atoms with Crippen molar-refractivity contribution in [3.63, 3.8) is 0 Å². The van der Waals surface area contributed by atoms with E-state index in [1.807, 2.05) is 0 Å². The minimum atomic E-state index is -0.423. The first-order valence-corrected chi connectivity index (χ1v) is 6.36. The Morgan fingerprint density at radius 3 is 2.57 bits per heavy atom. The molecule has 1 atom stereocenters. The third kappa shape index (κ3) is 3.14. The largest absolute Gasteiger partial charge is 0.333 e. The molecule has 0 saturated heterocycles. The van der Waals surface area contributed by atoms with E-state index in [2.05, 4.69) is 15.6 Å². The van der Waals surface area contributed by atoms with Gasteiger partial charge in [0.25, 0.3) is 5.91 Å². The second kappa shape index (κ2) is 6.27. The molecule has 1 aromatic heterocycles. The molecule has 0 spiro atoms. The van der Waals surface area contributed by atoms with Crippen molar-refractivity contribution in [3.8, 4) is 0 Å². The molecule has 0 fully saturated rings. The van der Waals surface area contributed by atoms with E-state index in [9.17, 15) is 9.18 Å². The third-order valence-corrected chi connectivity index (χ3v) is 3.29. The molecule has 1 unspecified atom stereocenters. The zero-order valence-electron chi connectivity index (χ0n) is 11.7. The summed E-state index contributed by atoms with van der Waals surface area (Å²) < 4.78 is 13.8. The highest BCUT2D eigenvalue weighted by Gasteiger charge is 2.22. The van der Waals surface area contributed by atoms with E-state index >= 15 is 0 Å². The molecule has 2 rings (SSSR count). The Balaban J connectivity index is 2.20. The second-order valence-electron chi connectivity index (χ2n) is 4.56. The molecule has 21 heavy (non-hydrogen) atoms. The number of nitrogens with one attached hydrogen (secondary N) is 1. The lowest BCUT2D eigenvalue weighted by Crippen LogP contribution is -2.31. The minimum absolute atomic E-state index is 0.166. The maximum absolute atomic E-state index is 13.8. The van der Waals surface area contributed by atoms with Gasteiger partial charge >= 0.3 is 0 Å². The molecule has 0 saturated carbocycles. The Hall–Kier alpha value is -2.54. The molecule has 0 aliphatic carbocycles. The molecule has 6 nitrogen and oxygen atoms in total. The number of anilines is 1. The van der Waals surface area contributed by atoms with Gasteiger partial charge in [0.2, 0.25) is 0 Å². The summed E-state index contributed by atoms with van der Waals surface area (Å²) in [6.07, 6.45) is 0. The summed E-state index contributed by atoms with van der Waals surface area (Å²) >= 11 is 0. The van der Waals surface area contributed by atoms with Crippen LogP contribution < -0.4 is 11.3 Å². The number of hydrazine groups is 1. The van der Waals surface area contributed by atoms with Gasteiger partial charge in [-0.1, -0.05) is 18.2 Å². The molecule has 110 valence electrons. The van der Waals surface area contributed by atoms with Crippen LogP contribution >= 0.6 is 0 Å². The first-order valence-electron chi connectivity index (χ1n) is 6.36. The summed E-state index contributed by atoms with van der Waals surface area (Å²) in [5.74, 6) is 4.85. The average Bonchev–Trinajstić information content (AvgIpc) is 2.53. The van der Waals surface area contributed by atoms with E-state index in [1.54, 1.807) is 38.2 Å². The predicted octanol–water partition coefficient (Wildman–Crippen LogP) is 1.73. The molecule has 0 aliphatic rings. The minimum Gasteiger partial charge on any atom is -0.333 e. The second-order valence-corrected chi connectivity index (χ2v) is 4.56. The Bertz CT molecular complexity index is 632. The number of nitrogens with two attached hydrogens (primary N) is 1. The van der Waals surface area contributed by atoms with Crippen LogP contribution in [0.3, 0.4) is 0 Å². The Morgan fingerprint density at radius 1 is 1.29 bits per heavy atom. The number of halogens is 1. The van der Waals surface area contributed by atoms with Crippen molar-refractivity contribution in [2.24, 2.45) is 5.84 Å². The molecule has 7 heteroatoms. The van der Waals surface area contributed by atoms with Crippen molar-refractivity contribution in [1.29, 1.82) is 0 Å². The summed E-state index contributed by atoms with van der Waals surface area (Å²) in [7, 11) is 1.59. The number of hydrogen-bond donors (Lipinski definition) is 2. The van der Waals surface area contributed by atoms with Crippen molar-refractivity contribution < 1.29 is 9.18 Å². The lowest BCUT2D eigenvalue weighted by atomic mass is 10.1. The SMILES string of the molecule is CC(c1ccccc1F)N(C)C(=O)c1ccc(NN)nn1. The smallest absolute Gasteiger partial charge is 0.274 e. The fraction of sp³-hybridized carbons (Fsp3) is 0.214. The standard InChI is InChI=1S/C14H16FN5O/c1-9(10-5-3-4-6-11(10)15)20(2)14(21)12-7-8-13(17-16)19-18-12/h3-9H,16H2,1-2H3,(H,17,19). The van der Waals surface area contributed by atoms with E-state index in [1.165, 1.54) is 17.0 Å². The van der Waals surface area contributed by atoms with E-state index in [4.69, 9.17) is 5.84 Å². The number of nitrogen functional groups attached to an aromatic ring is 1. The van der Waals surface area contributed by atoms with E-state index in [0.717, 1.165) is 0 Å². The lowest BCUT2D eigenvalue weighted by Gasteiger charge is -2.25. The normalized spacial score (nSPS) is 11.8. The number of carbonyl (C=O) groups excluding carboxylic acids is 1. The molecule has 0 radical (unpaired) electrons. The van der Waals surface area contributed by atoms with Gasteiger partial charge < -0.3 is 10.3 Å². The van der Waals surface area contributed by atoms with E-state index in [0.29, 0.717) is 11.4 Å². The number of carbonyl (C=O) groups is 1. The van der Waals surface area contributed by atoms with Crippen molar-refractivity contribution >= 4 is 11.7 Å². The number of rotatable bonds is 4. The predicted molar refractivity (Wildman–Crippen MR) is 76.8 cm³/mol. The molecular weight excluding hydrogens is 273 g/mol. The van der Waals surface area contributed by atoms with Crippen molar-refractivity contribution in [3.05, 3.63) is 53.5 Å². The summed E-state index contributed by atoms with van der Waals surface area (Å²) in [6.45, 7) is 1.75. The van der Waals surface area contributed by atoms with Gasteiger partial charge in [-0.15, -0.1) is 10.2 Å². The van der Waals surface area contributed by atoms with Gasteiger partial charge in [0, 0.05) is 12.6 Å². The molecule has 0 bridgehead atoms. The zero-order valence-corrected chi connectivity index (χ0v) is 11.7. The van der Waals surface area contributed by atoms with Gasteiger partial charge in [-0.2, -0.15) is 0 Å². The summed E-state index contributed by atoms with van der Waals surface area (Å²) in [5.41, 5.74) is 2.94. The first-order chi connectivity index (χ1) is 10.0. The summed E-state index contributed by atoms with van der Waals surface area (Å²) in [5, 5.41) is 7.53. The molecule has 1 aromatic carbocycles. The molecule has 3 N–H and O–H groups in total. The number of hydrogen-bond acceptors (Lipinski definition) is 5. The third-order valence-electron chi connectivity index (χ3n) is 3.29. The van der Waals surface area contributed by atoms with Gasteiger partial charge in [-0.3, -0.25) is 4.79 Å². The summed E-state index contributed by atoms with van der Waals surface area (Å²) in [4.78, 5) is 13.7. The van der Waals surface area contributed by atoms with Gasteiger partial charge in [0.15, 0.2) is 11.5 Å². The molecule has 1 amide bonds. The molecule has 1 heterocycles. The van der Waals surface area contributed by atoms with Crippen LogP contribution in [0.2, 0.25) is 0 Å². The lowest BCUT2D eigenvalue weighted by molar-refractivity contribution is 0.0733. The highest BCUT2D eigenvalue weighted by Crippen LogP contribution is 2.22. The van der Waals surface area contributed by atoms with Gasteiger partial charge in [0.1, 0.15) is 5.82 Å². The highest BCUT2D eigenvalue weighted by atomic mass is 19.1. The van der Waals surface area contributed by atoms with Crippen LogP contribution in [0.4, 0.5) is 10.2 Å². The number of benzene rings is 1. The van der Waals surface area contributed by atoms with Crippen LogP contribution in [0, 0.1) is 5.82 Å². The summed E-state index contributed by atoms with van der Waals surface area (Å²) in [6, 6.07) is 8.99. The topological polar surface area (TPSA) is 84.1 Å². The maximum atomic E-state index is 13.8. The van der Waals surface area contributed by atoms with Crippen LogP contribution in [-0.4, -0.2) is 28.1 Å². The van der Waals surface area contributed by atoms with Crippen LogP contribution in [0.15, 0.2) is 36.4 Å². The van der Waals surface area contributed by atoms with Crippen molar-refractivity contribution in [2.75, 3.05) is 12.5 Å². The van der Waals surface area contributed by atoms with E-state index < -0.39 is 6.04 Å². The van der Waals surface area contributed by atoms with Gasteiger partial charge in [-0.05, 0) is 25.1 Å². The fourth-order valence-corrected chi connectivity index (χ4v) is 1.90. The van der Waals surface area contributed by atoms with Gasteiger partial charge in [-0.25, -0.2) is 10.2 Å². The maximum Gasteiger partial charge on any atom is 0.274 e. The Kier molecular flexibility index (Phi) is 4.44. The van der Waals surface area contributed by atoms with E-state index in [-0.39, 0.29) is 17.4 Å². The average molecular weight is 289 g/mol. The van der Waals surface area contributed by atoms with Crippen LogP contribution in [0.25, 0.3) is 0 Å². The number of amides is 1. The fourth-order valence-electron chi connectivity index (χ4n) is 1.90. The van der Waals surface area contributed by atoms with Crippen molar-refractivity contribution in [1.82, 2.24) is 15.1 Å². The Labute approximate surface area is 121 Å². The zero-order chi connectivity index (χ0) is 15.4. The molecule has 2 aromatic rings. The number of aromatic nitrogens is 2. The monoisotopic (exact) mass is 289 g/mol. The van der Waals surface area contributed by atoms with Crippen molar-refractivity contribution in [2.45, 2.75) is 13.0 Å². The van der Waals surface area contributed by atoms with Crippen LogP contribution in [0.5, 0.6) is 0 Å². The molecule has 0 aliphatic heterocycles. The quantitative estimate of drug-likeness (QED) is 0.661. The molecular formula is C14H16FN5O. The number of nitrogens with zero attached hydrogens (tertiary/aromatic N) is 3.